The fourth-order valence-corrected chi connectivity index (χ4v) is 1.33. The second-order valence-electron chi connectivity index (χ2n) is 2.97. The highest BCUT2D eigenvalue weighted by Crippen LogP contribution is 2.20. The lowest BCUT2D eigenvalue weighted by atomic mass is 10.0. The zero-order valence-corrected chi connectivity index (χ0v) is 7.89. The van der Waals surface area contributed by atoms with Crippen molar-refractivity contribution < 1.29 is 14.5 Å². The summed E-state index contributed by atoms with van der Waals surface area (Å²) in [6.45, 7) is 1.49. The summed E-state index contributed by atoms with van der Waals surface area (Å²) in [7, 11) is 0. The van der Waals surface area contributed by atoms with E-state index in [9.17, 15) is 19.7 Å². The Morgan fingerprint density at radius 3 is 2.53 bits per heavy atom. The van der Waals surface area contributed by atoms with Crippen LogP contribution in [0.15, 0.2) is 12.1 Å². The quantitative estimate of drug-likeness (QED) is 0.451. The van der Waals surface area contributed by atoms with Gasteiger partial charge in [0.25, 0.3) is 5.69 Å². The Hall–Kier alpha value is -2.24. The molecular formula is C9H8N2O4. The van der Waals surface area contributed by atoms with Gasteiger partial charge in [0.05, 0.1) is 10.5 Å². The first-order chi connectivity index (χ1) is 6.97. The van der Waals surface area contributed by atoms with Crippen molar-refractivity contribution in [1.29, 1.82) is 0 Å². The van der Waals surface area contributed by atoms with Gasteiger partial charge in [-0.1, -0.05) is 0 Å². The van der Waals surface area contributed by atoms with Gasteiger partial charge >= 0.3 is 0 Å². The van der Waals surface area contributed by atoms with Gasteiger partial charge in [-0.3, -0.25) is 19.7 Å². The number of carbonyl (C=O) groups is 2. The maximum absolute atomic E-state index is 11.0. The Kier molecular flexibility index (Phi) is 2.80. The molecule has 0 aliphatic heterocycles. The highest BCUT2D eigenvalue weighted by atomic mass is 16.6. The number of primary amides is 1. The number of carbonyl (C=O) groups excluding carboxylic acids is 2. The molecule has 0 fully saturated rings. The van der Waals surface area contributed by atoms with Crippen molar-refractivity contribution in [2.24, 2.45) is 5.73 Å². The second kappa shape index (κ2) is 3.87. The van der Waals surface area contributed by atoms with Crippen LogP contribution in [-0.4, -0.2) is 17.1 Å². The molecule has 0 spiro atoms. The molecule has 6 nitrogen and oxygen atoms in total. The maximum Gasteiger partial charge on any atom is 0.270 e. The lowest BCUT2D eigenvalue weighted by Crippen LogP contribution is -2.15. The smallest absolute Gasteiger partial charge is 0.270 e. The average Bonchev–Trinajstić information content (AvgIpc) is 2.15. The number of nitrogens with two attached hydrogens (primary N) is 1. The van der Waals surface area contributed by atoms with E-state index in [0.717, 1.165) is 6.07 Å². The van der Waals surface area contributed by atoms with E-state index in [1.165, 1.54) is 13.0 Å². The molecule has 78 valence electrons. The lowest BCUT2D eigenvalue weighted by Gasteiger charge is -2.04. The number of amides is 1. The van der Waals surface area contributed by atoms with Crippen molar-refractivity contribution in [2.75, 3.05) is 0 Å². The molecule has 0 radical (unpaired) electrons. The number of aryl methyl sites for hydroxylation is 1. The van der Waals surface area contributed by atoms with E-state index >= 15 is 0 Å². The van der Waals surface area contributed by atoms with Gasteiger partial charge in [-0.25, -0.2) is 0 Å². The second-order valence-corrected chi connectivity index (χ2v) is 2.97. The summed E-state index contributed by atoms with van der Waals surface area (Å²) in [6, 6.07) is 2.23. The Morgan fingerprint density at radius 2 is 2.13 bits per heavy atom. The highest BCUT2D eigenvalue weighted by molar-refractivity contribution is 6.02. The number of hydrogen-bond acceptors (Lipinski definition) is 4. The molecule has 0 aliphatic rings. The fraction of sp³-hybridized carbons (Fsp3) is 0.111. The molecule has 1 rings (SSSR count). The monoisotopic (exact) mass is 208 g/mol. The van der Waals surface area contributed by atoms with Crippen molar-refractivity contribution in [3.8, 4) is 0 Å². The van der Waals surface area contributed by atoms with Crippen molar-refractivity contribution in [2.45, 2.75) is 6.92 Å². The zero-order chi connectivity index (χ0) is 11.6. The van der Waals surface area contributed by atoms with Crippen LogP contribution in [0.5, 0.6) is 0 Å². The van der Waals surface area contributed by atoms with Gasteiger partial charge in [0, 0.05) is 17.7 Å². The van der Waals surface area contributed by atoms with E-state index in [-0.39, 0.29) is 16.8 Å². The lowest BCUT2D eigenvalue weighted by molar-refractivity contribution is -0.384. The molecule has 1 aromatic carbocycles. The number of rotatable bonds is 3. The fourth-order valence-electron chi connectivity index (χ4n) is 1.33. The number of nitrogens with zero attached hydrogens (tertiary/aromatic N) is 1. The van der Waals surface area contributed by atoms with Crippen LogP contribution < -0.4 is 5.73 Å². The first kappa shape index (κ1) is 10.8. The van der Waals surface area contributed by atoms with Gasteiger partial charge in [-0.05, 0) is 12.5 Å². The van der Waals surface area contributed by atoms with Gasteiger partial charge in [0.2, 0.25) is 5.91 Å². The standard InChI is InChI=1S/C9H8N2O4/c1-5-2-7(11(14)15)3-6(4-12)8(5)9(10)13/h2-4H,1H3,(H2,10,13). The number of hydrogen-bond donors (Lipinski definition) is 1. The summed E-state index contributed by atoms with van der Waals surface area (Å²) < 4.78 is 0. The van der Waals surface area contributed by atoms with Crippen molar-refractivity contribution in [3.05, 3.63) is 38.9 Å². The molecule has 0 aliphatic carbocycles. The van der Waals surface area contributed by atoms with Crippen LogP contribution in [0.2, 0.25) is 0 Å². The van der Waals surface area contributed by atoms with Crippen LogP contribution in [0, 0.1) is 17.0 Å². The molecular weight excluding hydrogens is 200 g/mol. The summed E-state index contributed by atoms with van der Waals surface area (Å²) >= 11 is 0. The first-order valence-corrected chi connectivity index (χ1v) is 4.01. The number of nitro benzene ring substituents is 1. The molecule has 0 atom stereocenters. The van der Waals surface area contributed by atoms with E-state index in [1.54, 1.807) is 0 Å². The minimum atomic E-state index is -0.774. The van der Waals surface area contributed by atoms with Crippen LogP contribution in [-0.2, 0) is 0 Å². The third kappa shape index (κ3) is 1.98. The number of benzene rings is 1. The Balaban J connectivity index is 3.50. The van der Waals surface area contributed by atoms with Crippen molar-refractivity contribution in [1.82, 2.24) is 0 Å². The minimum Gasteiger partial charge on any atom is -0.366 e. The normalized spacial score (nSPS) is 9.67. The number of non-ortho nitro benzene ring substituents is 1. The van der Waals surface area contributed by atoms with E-state index in [2.05, 4.69) is 0 Å². The molecule has 0 heterocycles. The Morgan fingerprint density at radius 1 is 1.53 bits per heavy atom. The van der Waals surface area contributed by atoms with Crippen molar-refractivity contribution >= 4 is 17.9 Å². The number of nitro groups is 1. The predicted molar refractivity (Wildman–Crippen MR) is 51.7 cm³/mol. The molecule has 1 aromatic rings. The molecule has 0 bridgehead atoms. The first-order valence-electron chi connectivity index (χ1n) is 4.01. The Labute approximate surface area is 84.8 Å². The molecule has 0 unspecified atom stereocenters. The topological polar surface area (TPSA) is 103 Å². The van der Waals surface area contributed by atoms with Crippen LogP contribution >= 0.6 is 0 Å². The van der Waals surface area contributed by atoms with Crippen molar-refractivity contribution in [3.63, 3.8) is 0 Å². The summed E-state index contributed by atoms with van der Waals surface area (Å²) in [5.74, 6) is -0.774. The van der Waals surface area contributed by atoms with Gasteiger partial charge in [-0.15, -0.1) is 0 Å². The largest absolute Gasteiger partial charge is 0.366 e. The molecule has 6 heteroatoms. The number of aldehydes is 1. The summed E-state index contributed by atoms with van der Waals surface area (Å²) in [4.78, 5) is 31.4. The van der Waals surface area contributed by atoms with Crippen LogP contribution in [0.1, 0.15) is 26.3 Å². The van der Waals surface area contributed by atoms with Gasteiger partial charge in [0.1, 0.15) is 0 Å². The molecule has 0 saturated carbocycles. The van der Waals surface area contributed by atoms with Crippen LogP contribution in [0.25, 0.3) is 0 Å². The summed E-state index contributed by atoms with van der Waals surface area (Å²) in [5, 5.41) is 10.5. The third-order valence-corrected chi connectivity index (χ3v) is 1.93. The summed E-state index contributed by atoms with van der Waals surface area (Å²) in [6.07, 6.45) is 0.375. The van der Waals surface area contributed by atoms with E-state index < -0.39 is 10.8 Å². The zero-order valence-electron chi connectivity index (χ0n) is 7.89. The molecule has 0 saturated heterocycles. The minimum absolute atomic E-state index is 0.0237. The van der Waals surface area contributed by atoms with Crippen LogP contribution in [0.4, 0.5) is 5.69 Å². The molecule has 2 N–H and O–H groups in total. The van der Waals surface area contributed by atoms with Crippen LogP contribution in [0.3, 0.4) is 0 Å². The van der Waals surface area contributed by atoms with Gasteiger partial charge in [-0.2, -0.15) is 0 Å². The van der Waals surface area contributed by atoms with E-state index in [4.69, 9.17) is 5.73 Å². The van der Waals surface area contributed by atoms with Gasteiger partial charge < -0.3 is 5.73 Å². The maximum atomic E-state index is 11.0. The van der Waals surface area contributed by atoms with E-state index in [0.29, 0.717) is 11.8 Å². The SMILES string of the molecule is Cc1cc([N+](=O)[O-])cc(C=O)c1C(N)=O. The van der Waals surface area contributed by atoms with E-state index in [1.807, 2.05) is 0 Å². The van der Waals surface area contributed by atoms with Gasteiger partial charge in [0.15, 0.2) is 6.29 Å². The molecule has 1 amide bonds. The highest BCUT2D eigenvalue weighted by Gasteiger charge is 2.17. The average molecular weight is 208 g/mol. The summed E-state index contributed by atoms with van der Waals surface area (Å²) in [5.41, 5.74) is 5.09. The molecule has 0 aromatic heterocycles. The predicted octanol–water partition coefficient (Wildman–Crippen LogP) is 0.815. The Bertz CT molecular complexity index is 454. The molecule has 15 heavy (non-hydrogen) atoms. The third-order valence-electron chi connectivity index (χ3n) is 1.93.